The summed E-state index contributed by atoms with van der Waals surface area (Å²) in [6.07, 6.45) is 1.66. The number of hydrogen-bond donors (Lipinski definition) is 3. The van der Waals surface area contributed by atoms with Crippen LogP contribution in [0.4, 0.5) is 0 Å². The Bertz CT molecular complexity index is 711. The summed E-state index contributed by atoms with van der Waals surface area (Å²) in [6.45, 7) is 5.58. The van der Waals surface area contributed by atoms with Crippen LogP contribution in [0.2, 0.25) is 0 Å². The van der Waals surface area contributed by atoms with Crippen LogP contribution in [0.5, 0.6) is 0 Å². The molecule has 0 spiro atoms. The van der Waals surface area contributed by atoms with Gasteiger partial charge >= 0.3 is 0 Å². The fourth-order valence-corrected chi connectivity index (χ4v) is 2.45. The van der Waals surface area contributed by atoms with Crippen molar-refractivity contribution in [2.45, 2.75) is 39.2 Å². The molecule has 1 atom stereocenters. The third-order valence-corrected chi connectivity index (χ3v) is 3.64. The summed E-state index contributed by atoms with van der Waals surface area (Å²) in [5.74, 6) is 0.653. The van der Waals surface area contributed by atoms with Gasteiger partial charge in [0.15, 0.2) is 0 Å². The number of H-pyrrole nitrogens is 1. The molecule has 0 fully saturated rings. The van der Waals surface area contributed by atoms with Crippen molar-refractivity contribution >= 4 is 16.8 Å². The molecule has 1 amide bonds. The van der Waals surface area contributed by atoms with E-state index in [1.807, 2.05) is 32.0 Å². The molecule has 0 bridgehead atoms. The first-order valence-corrected chi connectivity index (χ1v) is 8.08. The zero-order valence-corrected chi connectivity index (χ0v) is 13.7. The zero-order valence-electron chi connectivity index (χ0n) is 13.7. The molecule has 0 unspecified atom stereocenters. The van der Waals surface area contributed by atoms with Crippen LogP contribution < -0.4 is 16.2 Å². The van der Waals surface area contributed by atoms with E-state index in [-0.39, 0.29) is 17.5 Å². The lowest BCUT2D eigenvalue weighted by atomic mass is 10.2. The van der Waals surface area contributed by atoms with Gasteiger partial charge in [-0.05, 0) is 32.0 Å². The first-order chi connectivity index (χ1) is 11.1. The van der Waals surface area contributed by atoms with Crippen LogP contribution in [0, 0.1) is 0 Å². The summed E-state index contributed by atoms with van der Waals surface area (Å²) in [6, 6.07) is 7.52. The first kappa shape index (κ1) is 17.1. The maximum absolute atomic E-state index is 12.0. The fraction of sp³-hybridized carbons (Fsp3) is 0.471. The van der Waals surface area contributed by atoms with Crippen LogP contribution in [0.3, 0.4) is 0 Å². The predicted octanol–water partition coefficient (Wildman–Crippen LogP) is 1.36. The third kappa shape index (κ3) is 5.17. The number of carbonyl (C=O) groups is 1. The molecular formula is C17H24N4O2. The van der Waals surface area contributed by atoms with Crippen LogP contribution in [-0.2, 0) is 11.2 Å². The first-order valence-electron chi connectivity index (χ1n) is 8.08. The number of aryl methyl sites for hydroxylation is 1. The highest BCUT2D eigenvalue weighted by atomic mass is 16.1. The van der Waals surface area contributed by atoms with Crippen molar-refractivity contribution in [3.05, 3.63) is 40.4 Å². The van der Waals surface area contributed by atoms with E-state index in [0.29, 0.717) is 42.5 Å². The van der Waals surface area contributed by atoms with Crippen molar-refractivity contribution in [3.63, 3.8) is 0 Å². The van der Waals surface area contributed by atoms with Crippen molar-refractivity contribution in [1.29, 1.82) is 0 Å². The number of likely N-dealkylation sites (N-methyl/N-ethyl adjacent to an activating group) is 1. The number of benzene rings is 1. The monoisotopic (exact) mass is 316 g/mol. The Hall–Kier alpha value is -2.21. The topological polar surface area (TPSA) is 86.9 Å². The van der Waals surface area contributed by atoms with Crippen molar-refractivity contribution in [2.24, 2.45) is 0 Å². The molecule has 1 aromatic heterocycles. The van der Waals surface area contributed by atoms with E-state index in [1.165, 1.54) is 0 Å². The van der Waals surface area contributed by atoms with Gasteiger partial charge in [0.1, 0.15) is 5.82 Å². The fourth-order valence-electron chi connectivity index (χ4n) is 2.45. The molecule has 0 radical (unpaired) electrons. The Balaban J connectivity index is 1.82. The Morgan fingerprint density at radius 3 is 2.91 bits per heavy atom. The molecule has 1 heterocycles. The molecular weight excluding hydrogens is 292 g/mol. The molecule has 3 N–H and O–H groups in total. The van der Waals surface area contributed by atoms with E-state index in [4.69, 9.17) is 0 Å². The number of hydrogen-bond acceptors (Lipinski definition) is 4. The smallest absolute Gasteiger partial charge is 0.258 e. The quantitative estimate of drug-likeness (QED) is 0.686. The Labute approximate surface area is 135 Å². The van der Waals surface area contributed by atoms with Crippen LogP contribution in [0.1, 0.15) is 32.5 Å². The van der Waals surface area contributed by atoms with Gasteiger partial charge in [-0.1, -0.05) is 19.1 Å². The molecule has 0 aliphatic carbocycles. The largest absolute Gasteiger partial charge is 0.355 e. The van der Waals surface area contributed by atoms with E-state index >= 15 is 0 Å². The Kier molecular flexibility index (Phi) is 6.29. The van der Waals surface area contributed by atoms with E-state index in [2.05, 4.69) is 20.6 Å². The van der Waals surface area contributed by atoms with Gasteiger partial charge in [0.05, 0.1) is 10.9 Å². The molecule has 0 saturated carbocycles. The zero-order chi connectivity index (χ0) is 16.7. The molecule has 2 rings (SSSR count). The second kappa shape index (κ2) is 8.43. The van der Waals surface area contributed by atoms with Crippen molar-refractivity contribution < 1.29 is 4.79 Å². The molecule has 0 saturated heterocycles. The van der Waals surface area contributed by atoms with Gasteiger partial charge in [-0.15, -0.1) is 0 Å². The summed E-state index contributed by atoms with van der Waals surface area (Å²) in [7, 11) is 0. The third-order valence-electron chi connectivity index (χ3n) is 3.64. The number of nitrogens with one attached hydrogen (secondary N) is 3. The molecule has 0 aliphatic rings. The minimum atomic E-state index is -0.130. The summed E-state index contributed by atoms with van der Waals surface area (Å²) in [4.78, 5) is 31.0. The number of aromatic nitrogens is 2. The van der Waals surface area contributed by atoms with Crippen LogP contribution in [0.15, 0.2) is 29.1 Å². The predicted molar refractivity (Wildman–Crippen MR) is 91.5 cm³/mol. The second-order valence-corrected chi connectivity index (χ2v) is 5.65. The molecule has 6 heteroatoms. The average Bonchev–Trinajstić information content (AvgIpc) is 2.53. The highest BCUT2D eigenvalue weighted by molar-refractivity contribution is 5.77. The number of nitrogens with zero attached hydrogens (tertiary/aromatic N) is 1. The van der Waals surface area contributed by atoms with Crippen LogP contribution >= 0.6 is 0 Å². The van der Waals surface area contributed by atoms with E-state index in [0.717, 1.165) is 6.54 Å². The lowest BCUT2D eigenvalue weighted by molar-refractivity contribution is -0.121. The SMILES string of the molecule is CCN[C@H](C)CNC(=O)CCCc1nc2ccccc2c(=O)[nH]1. The number of fused-ring (bicyclic) bond motifs is 1. The maximum atomic E-state index is 12.0. The molecule has 6 nitrogen and oxygen atoms in total. The molecule has 124 valence electrons. The summed E-state index contributed by atoms with van der Waals surface area (Å²) >= 11 is 0. The molecule has 23 heavy (non-hydrogen) atoms. The number of rotatable bonds is 8. The van der Waals surface area contributed by atoms with Crippen LogP contribution in [0.25, 0.3) is 10.9 Å². The van der Waals surface area contributed by atoms with Crippen LogP contribution in [-0.4, -0.2) is 35.0 Å². The summed E-state index contributed by atoms with van der Waals surface area (Å²) in [5.41, 5.74) is 0.560. The van der Waals surface area contributed by atoms with Crippen molar-refractivity contribution in [1.82, 2.24) is 20.6 Å². The second-order valence-electron chi connectivity index (χ2n) is 5.65. The maximum Gasteiger partial charge on any atom is 0.258 e. The van der Waals surface area contributed by atoms with Gasteiger partial charge in [0.25, 0.3) is 5.56 Å². The highest BCUT2D eigenvalue weighted by Crippen LogP contribution is 2.07. The lowest BCUT2D eigenvalue weighted by Gasteiger charge is -2.13. The van der Waals surface area contributed by atoms with Gasteiger partial charge in [0.2, 0.25) is 5.91 Å². The number of aromatic amines is 1. The highest BCUT2D eigenvalue weighted by Gasteiger charge is 2.06. The summed E-state index contributed by atoms with van der Waals surface area (Å²) in [5, 5.41) is 6.73. The average molecular weight is 316 g/mol. The Morgan fingerprint density at radius 1 is 1.35 bits per heavy atom. The lowest BCUT2D eigenvalue weighted by Crippen LogP contribution is -2.38. The minimum Gasteiger partial charge on any atom is -0.355 e. The Morgan fingerprint density at radius 2 is 2.13 bits per heavy atom. The standard InChI is InChI=1S/C17H24N4O2/c1-3-18-12(2)11-19-16(22)10-6-9-15-20-14-8-5-4-7-13(14)17(23)21-15/h4-5,7-8,12,18H,3,6,9-11H2,1-2H3,(H,19,22)(H,20,21,23)/t12-/m1/s1. The summed E-state index contributed by atoms with van der Waals surface area (Å²) < 4.78 is 0. The van der Waals surface area contributed by atoms with E-state index in [9.17, 15) is 9.59 Å². The number of para-hydroxylation sites is 1. The van der Waals surface area contributed by atoms with E-state index in [1.54, 1.807) is 6.07 Å². The van der Waals surface area contributed by atoms with Gasteiger partial charge < -0.3 is 15.6 Å². The number of carbonyl (C=O) groups excluding carboxylic acids is 1. The normalized spacial score (nSPS) is 12.3. The van der Waals surface area contributed by atoms with Gasteiger partial charge in [0, 0.05) is 25.4 Å². The van der Waals surface area contributed by atoms with Gasteiger partial charge in [-0.25, -0.2) is 4.98 Å². The van der Waals surface area contributed by atoms with Crippen molar-refractivity contribution in [2.75, 3.05) is 13.1 Å². The molecule has 0 aliphatic heterocycles. The molecule has 2 aromatic rings. The van der Waals surface area contributed by atoms with Gasteiger partial charge in [-0.3, -0.25) is 9.59 Å². The van der Waals surface area contributed by atoms with Crippen molar-refractivity contribution in [3.8, 4) is 0 Å². The van der Waals surface area contributed by atoms with Gasteiger partial charge in [-0.2, -0.15) is 0 Å². The number of amides is 1. The molecule has 1 aromatic carbocycles. The minimum absolute atomic E-state index is 0.0258. The van der Waals surface area contributed by atoms with E-state index < -0.39 is 0 Å².